The zero-order chi connectivity index (χ0) is 21.4. The minimum atomic E-state index is -3.62. The minimum absolute atomic E-state index is 0.00435. The van der Waals surface area contributed by atoms with E-state index in [0.29, 0.717) is 11.3 Å². The number of aromatic carboxylic acids is 1. The van der Waals surface area contributed by atoms with E-state index in [9.17, 15) is 18.3 Å². The highest BCUT2D eigenvalue weighted by Gasteiger charge is 2.26. The molecule has 0 saturated heterocycles. The van der Waals surface area contributed by atoms with Gasteiger partial charge in [0.05, 0.1) is 16.2 Å². The number of anilines is 1. The van der Waals surface area contributed by atoms with Crippen LogP contribution in [0.1, 0.15) is 56.8 Å². The number of carbonyl (C=O) groups is 1. The summed E-state index contributed by atoms with van der Waals surface area (Å²) in [4.78, 5) is 14.1. The summed E-state index contributed by atoms with van der Waals surface area (Å²) in [6.07, 6.45) is 3.90. The molecule has 0 radical (unpaired) electrons. The molecule has 0 aliphatic rings. The first kappa shape index (κ1) is 22.9. The Morgan fingerprint density at radius 1 is 0.966 bits per heavy atom. The van der Waals surface area contributed by atoms with Gasteiger partial charge < -0.3 is 10.0 Å². The smallest absolute Gasteiger partial charge is 0.335 e. The molecule has 0 atom stereocenters. The summed E-state index contributed by atoms with van der Waals surface area (Å²) >= 11 is 0. The van der Waals surface area contributed by atoms with Crippen LogP contribution in [0.5, 0.6) is 0 Å². The molecule has 0 saturated carbocycles. The molecular formula is C23H31NO4S. The monoisotopic (exact) mass is 417 g/mol. The lowest BCUT2D eigenvalue weighted by molar-refractivity contribution is 0.0696. The predicted octanol–water partition coefficient (Wildman–Crippen LogP) is 5.25. The molecule has 0 aliphatic carbocycles. The fraction of sp³-hybridized carbons (Fsp3) is 0.435. The Kier molecular flexibility index (Phi) is 8.26. The summed E-state index contributed by atoms with van der Waals surface area (Å²) in [5.74, 6) is -1.21. The van der Waals surface area contributed by atoms with Crippen molar-refractivity contribution in [1.82, 2.24) is 0 Å². The van der Waals surface area contributed by atoms with Crippen molar-refractivity contribution in [3.8, 4) is 11.1 Å². The minimum Gasteiger partial charge on any atom is -0.478 e. The normalized spacial score (nSPS) is 11.4. The molecule has 1 N–H and O–H groups in total. The third kappa shape index (κ3) is 5.60. The Morgan fingerprint density at radius 3 is 2.03 bits per heavy atom. The Bertz CT molecular complexity index is 915. The molecule has 0 aromatic heterocycles. The maximum atomic E-state index is 13.0. The number of benzene rings is 2. The average Bonchev–Trinajstić information content (AvgIpc) is 2.73. The fourth-order valence-electron chi connectivity index (χ4n) is 3.32. The number of nitrogens with zero attached hydrogens (tertiary/aromatic N) is 1. The summed E-state index contributed by atoms with van der Waals surface area (Å²) in [5, 5.41) is 9.65. The molecule has 0 bridgehead atoms. The number of sulfone groups is 1. The van der Waals surface area contributed by atoms with Crippen molar-refractivity contribution < 1.29 is 18.3 Å². The number of hydrogen-bond acceptors (Lipinski definition) is 4. The number of unbranched alkanes of at least 4 members (excludes halogenated alkanes) is 2. The van der Waals surface area contributed by atoms with Crippen LogP contribution in [0, 0.1) is 0 Å². The molecule has 29 heavy (non-hydrogen) atoms. The molecule has 2 aromatic rings. The zero-order valence-corrected chi connectivity index (χ0v) is 18.3. The van der Waals surface area contributed by atoms with Crippen molar-refractivity contribution in [2.24, 2.45) is 0 Å². The second-order valence-electron chi connectivity index (χ2n) is 7.14. The van der Waals surface area contributed by atoms with E-state index < -0.39 is 15.8 Å². The van der Waals surface area contributed by atoms with Crippen LogP contribution >= 0.6 is 0 Å². The van der Waals surface area contributed by atoms with Crippen LogP contribution in [-0.2, 0) is 9.84 Å². The highest BCUT2D eigenvalue weighted by Crippen LogP contribution is 2.39. The summed E-state index contributed by atoms with van der Waals surface area (Å²) in [5.41, 5.74) is 2.07. The van der Waals surface area contributed by atoms with Gasteiger partial charge in [-0.15, -0.1) is 0 Å². The van der Waals surface area contributed by atoms with Gasteiger partial charge in [-0.05, 0) is 30.5 Å². The van der Waals surface area contributed by atoms with Gasteiger partial charge in [0.25, 0.3) is 0 Å². The second-order valence-corrected chi connectivity index (χ2v) is 9.38. The van der Waals surface area contributed by atoms with Crippen LogP contribution in [0.25, 0.3) is 11.1 Å². The van der Waals surface area contributed by atoms with Gasteiger partial charge in [-0.3, -0.25) is 0 Å². The first-order valence-corrected chi connectivity index (χ1v) is 11.9. The molecule has 5 nitrogen and oxygen atoms in total. The number of carboxylic acids is 1. The van der Waals surface area contributed by atoms with Crippen molar-refractivity contribution >= 4 is 21.5 Å². The summed E-state index contributed by atoms with van der Waals surface area (Å²) < 4.78 is 25.9. The van der Waals surface area contributed by atoms with Crippen LogP contribution in [0.3, 0.4) is 0 Å². The van der Waals surface area contributed by atoms with E-state index >= 15 is 0 Å². The van der Waals surface area contributed by atoms with Crippen molar-refractivity contribution in [1.29, 1.82) is 0 Å². The lowest BCUT2D eigenvalue weighted by Gasteiger charge is -2.29. The van der Waals surface area contributed by atoms with Gasteiger partial charge in [0.15, 0.2) is 9.84 Å². The molecule has 2 aromatic carbocycles. The first-order chi connectivity index (χ1) is 13.9. The molecular weight excluding hydrogens is 386 g/mol. The van der Waals surface area contributed by atoms with Crippen LogP contribution in [0.4, 0.5) is 5.69 Å². The van der Waals surface area contributed by atoms with Crippen molar-refractivity contribution in [3.63, 3.8) is 0 Å². The van der Waals surface area contributed by atoms with E-state index in [2.05, 4.69) is 18.7 Å². The van der Waals surface area contributed by atoms with Gasteiger partial charge in [0, 0.05) is 24.3 Å². The number of carboxylic acid groups (broad SMARTS) is 1. The molecule has 2 rings (SSSR count). The molecule has 6 heteroatoms. The van der Waals surface area contributed by atoms with E-state index in [1.54, 1.807) is 13.0 Å². The van der Waals surface area contributed by atoms with E-state index in [0.717, 1.165) is 44.3 Å². The fourth-order valence-corrected chi connectivity index (χ4v) is 4.47. The second kappa shape index (κ2) is 10.4. The van der Waals surface area contributed by atoms with E-state index in [-0.39, 0.29) is 16.2 Å². The Labute approximate surface area is 174 Å². The quantitative estimate of drug-likeness (QED) is 0.540. The van der Waals surface area contributed by atoms with E-state index in [1.165, 1.54) is 6.07 Å². The van der Waals surface area contributed by atoms with Gasteiger partial charge in [-0.2, -0.15) is 0 Å². The van der Waals surface area contributed by atoms with Crippen LogP contribution in [0.15, 0.2) is 47.4 Å². The van der Waals surface area contributed by atoms with Gasteiger partial charge in [0.1, 0.15) is 0 Å². The van der Waals surface area contributed by atoms with Gasteiger partial charge >= 0.3 is 5.97 Å². The van der Waals surface area contributed by atoms with Crippen molar-refractivity contribution in [2.75, 3.05) is 23.7 Å². The van der Waals surface area contributed by atoms with Crippen LogP contribution < -0.4 is 4.90 Å². The highest BCUT2D eigenvalue weighted by molar-refractivity contribution is 7.91. The Hall–Kier alpha value is -2.34. The first-order valence-electron chi connectivity index (χ1n) is 10.3. The topological polar surface area (TPSA) is 74.7 Å². The standard InChI is InChI=1S/C23H31NO4S/c1-4-7-14-24(15-8-5-2)20-16-19(23(25)26)17-21(29(27,28)6-3)22(20)18-12-10-9-11-13-18/h9-13,16-17H,4-8,14-15H2,1-3H3,(H,25,26). The molecule has 0 unspecified atom stereocenters. The summed E-state index contributed by atoms with van der Waals surface area (Å²) in [6.45, 7) is 7.31. The molecule has 0 spiro atoms. The van der Waals surface area contributed by atoms with Gasteiger partial charge in [-0.1, -0.05) is 63.9 Å². The third-order valence-corrected chi connectivity index (χ3v) is 6.76. The molecule has 158 valence electrons. The number of hydrogen-bond donors (Lipinski definition) is 1. The average molecular weight is 418 g/mol. The van der Waals surface area contributed by atoms with Crippen LogP contribution in [-0.4, -0.2) is 38.3 Å². The SMILES string of the molecule is CCCCN(CCCC)c1cc(C(=O)O)cc(S(=O)(=O)CC)c1-c1ccccc1. The lowest BCUT2D eigenvalue weighted by atomic mass is 9.99. The Morgan fingerprint density at radius 2 is 1.55 bits per heavy atom. The zero-order valence-electron chi connectivity index (χ0n) is 17.5. The Balaban J connectivity index is 2.85. The van der Waals surface area contributed by atoms with E-state index in [4.69, 9.17) is 0 Å². The largest absolute Gasteiger partial charge is 0.478 e. The van der Waals surface area contributed by atoms with Crippen molar-refractivity contribution in [3.05, 3.63) is 48.0 Å². The summed E-state index contributed by atoms with van der Waals surface area (Å²) in [6, 6.07) is 12.3. The van der Waals surface area contributed by atoms with Gasteiger partial charge in [-0.25, -0.2) is 13.2 Å². The third-order valence-electron chi connectivity index (χ3n) is 5.01. The molecule has 0 heterocycles. The summed E-state index contributed by atoms with van der Waals surface area (Å²) in [7, 11) is -3.62. The maximum absolute atomic E-state index is 13.0. The van der Waals surface area contributed by atoms with Crippen LogP contribution in [0.2, 0.25) is 0 Å². The predicted molar refractivity (Wildman–Crippen MR) is 119 cm³/mol. The number of rotatable bonds is 11. The maximum Gasteiger partial charge on any atom is 0.335 e. The molecule has 0 amide bonds. The molecule has 0 fully saturated rings. The molecule has 0 aliphatic heterocycles. The lowest BCUT2D eigenvalue weighted by Crippen LogP contribution is -2.27. The van der Waals surface area contributed by atoms with E-state index in [1.807, 2.05) is 30.3 Å². The highest BCUT2D eigenvalue weighted by atomic mass is 32.2. The van der Waals surface area contributed by atoms with Gasteiger partial charge in [0.2, 0.25) is 0 Å². The van der Waals surface area contributed by atoms with Crippen molar-refractivity contribution in [2.45, 2.75) is 51.3 Å².